The maximum absolute atomic E-state index is 12.8. The van der Waals surface area contributed by atoms with Gasteiger partial charge in [-0.05, 0) is 61.6 Å². The molecule has 1 aliphatic rings. The normalized spacial score (nSPS) is 15.7. The molecule has 33 heavy (non-hydrogen) atoms. The predicted octanol–water partition coefficient (Wildman–Crippen LogP) is 4.93. The van der Waals surface area contributed by atoms with Crippen molar-refractivity contribution >= 4 is 46.4 Å². The largest absolute Gasteiger partial charge is 0.497 e. The van der Waals surface area contributed by atoms with E-state index in [0.29, 0.717) is 29.5 Å². The minimum atomic E-state index is -0.303. The number of benzene rings is 2. The molecule has 0 aliphatic carbocycles. The van der Waals surface area contributed by atoms with E-state index in [2.05, 4.69) is 20.8 Å². The molecule has 2 heterocycles. The highest BCUT2D eigenvalue weighted by molar-refractivity contribution is 7.98. The molecule has 1 aliphatic heterocycles. The third kappa shape index (κ3) is 5.82. The number of aromatic nitrogens is 2. The second-order valence-electron chi connectivity index (χ2n) is 7.58. The number of nitrogens with zero attached hydrogens (tertiary/aromatic N) is 3. The van der Waals surface area contributed by atoms with Gasteiger partial charge in [-0.15, -0.1) is 22.0 Å². The number of thioether (sulfide) groups is 1. The summed E-state index contributed by atoms with van der Waals surface area (Å²) in [6, 6.07) is 14.8. The van der Waals surface area contributed by atoms with Gasteiger partial charge in [-0.3, -0.25) is 4.79 Å². The SMILES string of the molecule is COc1ccc(NC(=O)c2nnc([C@H]3CCCN(C(=O)Nc4cccc(SC)c4)C3)s2)cc1. The Morgan fingerprint density at radius 2 is 1.94 bits per heavy atom. The third-order valence-corrected chi connectivity index (χ3v) is 7.17. The van der Waals surface area contributed by atoms with Gasteiger partial charge in [0.1, 0.15) is 10.8 Å². The van der Waals surface area contributed by atoms with Crippen molar-refractivity contribution in [1.82, 2.24) is 15.1 Å². The topological polar surface area (TPSA) is 96.4 Å². The molecule has 3 amide bonds. The molecular weight excluding hydrogens is 458 g/mol. The molecule has 0 unspecified atom stereocenters. The predicted molar refractivity (Wildman–Crippen MR) is 132 cm³/mol. The highest BCUT2D eigenvalue weighted by Crippen LogP contribution is 2.30. The van der Waals surface area contributed by atoms with Crippen LogP contribution in [0.1, 0.15) is 33.6 Å². The zero-order valence-electron chi connectivity index (χ0n) is 18.4. The van der Waals surface area contributed by atoms with Crippen molar-refractivity contribution in [3.8, 4) is 5.75 Å². The Kier molecular flexibility index (Phi) is 7.46. The van der Waals surface area contributed by atoms with Crippen molar-refractivity contribution < 1.29 is 14.3 Å². The Hall–Kier alpha value is -3.11. The smallest absolute Gasteiger partial charge is 0.321 e. The molecule has 0 bridgehead atoms. The molecule has 0 spiro atoms. The molecule has 1 aromatic heterocycles. The minimum absolute atomic E-state index is 0.0575. The van der Waals surface area contributed by atoms with E-state index in [9.17, 15) is 9.59 Å². The van der Waals surface area contributed by atoms with Gasteiger partial charge in [0.05, 0.1) is 7.11 Å². The van der Waals surface area contributed by atoms with Gasteiger partial charge in [0, 0.05) is 35.3 Å². The first-order valence-corrected chi connectivity index (χ1v) is 12.6. The molecule has 0 saturated carbocycles. The maximum atomic E-state index is 12.8. The van der Waals surface area contributed by atoms with Crippen LogP contribution in [0.15, 0.2) is 53.4 Å². The lowest BCUT2D eigenvalue weighted by Crippen LogP contribution is -2.41. The number of methoxy groups -OCH3 is 1. The number of rotatable bonds is 6. The summed E-state index contributed by atoms with van der Waals surface area (Å²) < 4.78 is 5.13. The molecule has 1 fully saturated rings. The lowest BCUT2D eigenvalue weighted by Gasteiger charge is -2.31. The first-order valence-electron chi connectivity index (χ1n) is 10.5. The van der Waals surface area contributed by atoms with Gasteiger partial charge < -0.3 is 20.3 Å². The number of urea groups is 1. The second kappa shape index (κ2) is 10.7. The van der Waals surface area contributed by atoms with Crippen molar-refractivity contribution in [2.24, 2.45) is 0 Å². The molecule has 10 heteroatoms. The standard InChI is InChI=1S/C23H25N5O3S2/c1-31-18-10-8-16(9-11-18)24-20(29)22-27-26-21(33-22)15-5-4-12-28(14-15)23(30)25-17-6-3-7-19(13-17)32-2/h3,6-11,13,15H,4-5,12,14H2,1-2H3,(H,24,29)(H,25,30)/t15-/m0/s1. The molecule has 2 N–H and O–H groups in total. The average Bonchev–Trinajstić information content (AvgIpc) is 3.35. The van der Waals surface area contributed by atoms with Crippen LogP contribution < -0.4 is 15.4 Å². The number of anilines is 2. The van der Waals surface area contributed by atoms with Crippen LogP contribution in [0.2, 0.25) is 0 Å². The zero-order valence-corrected chi connectivity index (χ0v) is 20.0. The van der Waals surface area contributed by atoms with E-state index in [1.807, 2.05) is 30.5 Å². The fourth-order valence-electron chi connectivity index (χ4n) is 3.62. The first kappa shape index (κ1) is 23.1. The Morgan fingerprint density at radius 1 is 1.12 bits per heavy atom. The summed E-state index contributed by atoms with van der Waals surface area (Å²) in [5.74, 6) is 0.471. The van der Waals surface area contributed by atoms with Crippen LogP contribution in [-0.4, -0.2) is 53.5 Å². The zero-order chi connectivity index (χ0) is 23.2. The monoisotopic (exact) mass is 483 g/mol. The van der Waals surface area contributed by atoms with E-state index in [1.165, 1.54) is 11.3 Å². The molecule has 1 saturated heterocycles. The Bertz CT molecular complexity index is 1120. The number of ether oxygens (including phenoxy) is 1. The summed E-state index contributed by atoms with van der Waals surface area (Å²) in [4.78, 5) is 28.3. The van der Waals surface area contributed by atoms with E-state index in [4.69, 9.17) is 4.74 Å². The molecule has 0 radical (unpaired) electrons. The number of hydrogen-bond donors (Lipinski definition) is 2. The van der Waals surface area contributed by atoms with Crippen molar-refractivity contribution in [1.29, 1.82) is 0 Å². The molecule has 1 atom stereocenters. The molecule has 172 valence electrons. The van der Waals surface area contributed by atoms with E-state index in [1.54, 1.807) is 48.0 Å². The minimum Gasteiger partial charge on any atom is -0.497 e. The van der Waals surface area contributed by atoms with Gasteiger partial charge in [0.2, 0.25) is 5.01 Å². The third-order valence-electron chi connectivity index (χ3n) is 5.36. The van der Waals surface area contributed by atoms with Crippen LogP contribution in [0.4, 0.5) is 16.2 Å². The number of likely N-dealkylation sites (tertiary alicyclic amines) is 1. The molecular formula is C23H25N5O3S2. The lowest BCUT2D eigenvalue weighted by molar-refractivity contribution is 0.102. The second-order valence-corrected chi connectivity index (χ2v) is 9.46. The number of hydrogen-bond acceptors (Lipinski definition) is 7. The van der Waals surface area contributed by atoms with Crippen LogP contribution in [0.3, 0.4) is 0 Å². The van der Waals surface area contributed by atoms with Crippen LogP contribution in [0.25, 0.3) is 0 Å². The Morgan fingerprint density at radius 3 is 2.70 bits per heavy atom. The van der Waals surface area contributed by atoms with E-state index in [0.717, 1.165) is 28.4 Å². The van der Waals surface area contributed by atoms with Gasteiger partial charge in [-0.1, -0.05) is 17.4 Å². The Labute approximate surface area is 200 Å². The fraction of sp³-hybridized carbons (Fsp3) is 0.304. The number of nitrogens with one attached hydrogen (secondary N) is 2. The van der Waals surface area contributed by atoms with E-state index >= 15 is 0 Å². The van der Waals surface area contributed by atoms with Gasteiger partial charge in [-0.2, -0.15) is 0 Å². The summed E-state index contributed by atoms with van der Waals surface area (Å²) in [5, 5.41) is 15.2. The molecule has 3 aromatic rings. The summed E-state index contributed by atoms with van der Waals surface area (Å²) in [5.41, 5.74) is 1.44. The summed E-state index contributed by atoms with van der Waals surface area (Å²) in [6.07, 6.45) is 3.78. The molecule has 2 aromatic carbocycles. The number of piperidine rings is 1. The quantitative estimate of drug-likeness (QED) is 0.483. The van der Waals surface area contributed by atoms with Crippen molar-refractivity contribution in [2.45, 2.75) is 23.7 Å². The fourth-order valence-corrected chi connectivity index (χ4v) is 4.94. The van der Waals surface area contributed by atoms with E-state index < -0.39 is 0 Å². The van der Waals surface area contributed by atoms with E-state index in [-0.39, 0.29) is 17.9 Å². The van der Waals surface area contributed by atoms with Gasteiger partial charge in [0.25, 0.3) is 5.91 Å². The van der Waals surface area contributed by atoms with Gasteiger partial charge in [-0.25, -0.2) is 4.79 Å². The van der Waals surface area contributed by atoms with Crippen molar-refractivity contribution in [3.05, 3.63) is 58.5 Å². The molecule has 4 rings (SSSR count). The highest BCUT2D eigenvalue weighted by atomic mass is 32.2. The summed E-state index contributed by atoms with van der Waals surface area (Å²) >= 11 is 2.91. The van der Waals surface area contributed by atoms with Crippen LogP contribution in [-0.2, 0) is 0 Å². The Balaban J connectivity index is 1.37. The van der Waals surface area contributed by atoms with Gasteiger partial charge >= 0.3 is 6.03 Å². The number of carbonyl (C=O) groups is 2. The summed E-state index contributed by atoms with van der Waals surface area (Å²) in [7, 11) is 1.59. The van der Waals surface area contributed by atoms with Crippen LogP contribution >= 0.6 is 23.1 Å². The van der Waals surface area contributed by atoms with Crippen LogP contribution in [0.5, 0.6) is 5.75 Å². The average molecular weight is 484 g/mol. The summed E-state index contributed by atoms with van der Waals surface area (Å²) in [6.45, 7) is 1.23. The highest BCUT2D eigenvalue weighted by Gasteiger charge is 2.28. The lowest BCUT2D eigenvalue weighted by atomic mass is 9.99. The van der Waals surface area contributed by atoms with Crippen molar-refractivity contribution in [3.63, 3.8) is 0 Å². The number of amides is 3. The maximum Gasteiger partial charge on any atom is 0.321 e. The number of carbonyl (C=O) groups excluding carboxylic acids is 2. The van der Waals surface area contributed by atoms with Crippen molar-refractivity contribution in [2.75, 3.05) is 37.1 Å². The van der Waals surface area contributed by atoms with Gasteiger partial charge in [0.15, 0.2) is 0 Å². The van der Waals surface area contributed by atoms with Crippen LogP contribution in [0, 0.1) is 0 Å². The first-order chi connectivity index (χ1) is 16.1. The molecule has 8 nitrogen and oxygen atoms in total.